The van der Waals surface area contributed by atoms with E-state index in [0.717, 1.165) is 12.3 Å². The summed E-state index contributed by atoms with van der Waals surface area (Å²) >= 11 is 6.92. The van der Waals surface area contributed by atoms with Crippen molar-refractivity contribution in [3.63, 3.8) is 0 Å². The molecule has 11 heteroatoms. The number of fused-ring (bicyclic) bond motifs is 2. The summed E-state index contributed by atoms with van der Waals surface area (Å²) in [5, 5.41) is 9.37. The van der Waals surface area contributed by atoms with Gasteiger partial charge in [0.15, 0.2) is 18.1 Å². The van der Waals surface area contributed by atoms with Crippen LogP contribution in [0.5, 0.6) is 11.5 Å². The Bertz CT molecular complexity index is 1400. The number of amides is 2. The smallest absolute Gasteiger partial charge is 0.326 e. The summed E-state index contributed by atoms with van der Waals surface area (Å²) in [4.78, 5) is 41.1. The highest BCUT2D eigenvalue weighted by atomic mass is 32.2. The average molecular weight is 583 g/mol. The van der Waals surface area contributed by atoms with Gasteiger partial charge in [-0.15, -0.1) is 0 Å². The zero-order valence-electron chi connectivity index (χ0n) is 22.0. The fraction of sp³-hybridized carbons (Fsp3) is 0.448. The average Bonchev–Trinajstić information content (AvgIpc) is 3.77. The molecule has 3 heterocycles. The summed E-state index contributed by atoms with van der Waals surface area (Å²) in [5.41, 5.74) is 0.696. The minimum Gasteiger partial charge on any atom is -0.493 e. The summed E-state index contributed by atoms with van der Waals surface area (Å²) in [5.74, 6) is 1.69. The highest BCUT2D eigenvalue weighted by Gasteiger charge is 2.48. The number of thioether (sulfide) groups is 1. The number of thiocarbonyl (C=S) groups is 1. The van der Waals surface area contributed by atoms with E-state index in [-0.39, 0.29) is 24.5 Å². The summed E-state index contributed by atoms with van der Waals surface area (Å²) in [7, 11) is 1.50. The van der Waals surface area contributed by atoms with Gasteiger partial charge in [-0.3, -0.25) is 14.5 Å². The first-order chi connectivity index (χ1) is 19.3. The number of benzene rings is 1. The Kier molecular flexibility index (Phi) is 7.35. The SMILES string of the molecule is COc1ccc(-c2ccc(C=C3SC(=S)N(C4CC5CCC4C5)C3=O)o2)cc1OCC(=O)N1CCC[C@H]1C(=O)O. The number of methoxy groups -OCH3 is 1. The number of carbonyl (C=O) groups is 3. The maximum Gasteiger partial charge on any atom is 0.326 e. The van der Waals surface area contributed by atoms with Crippen molar-refractivity contribution in [1.82, 2.24) is 9.80 Å². The van der Waals surface area contributed by atoms with Crippen LogP contribution in [0.25, 0.3) is 17.4 Å². The van der Waals surface area contributed by atoms with Gasteiger partial charge in [0, 0.05) is 24.2 Å². The zero-order chi connectivity index (χ0) is 28.0. The standard InChI is InChI=1S/C29H30N2O7S2/c1-36-23-8-6-18(13-24(23)37-15-26(32)30-10-2-3-20(30)28(34)35)22-9-7-19(38-22)14-25-27(33)31(29(39)40-25)21-12-16-4-5-17(21)11-16/h6-9,13-14,16-17,20-21H,2-5,10-12,15H2,1H3,(H,34,35)/t16?,17?,20-,21?/m0/s1. The van der Waals surface area contributed by atoms with Crippen LogP contribution in [-0.2, 0) is 14.4 Å². The van der Waals surface area contributed by atoms with Crippen molar-refractivity contribution in [3.8, 4) is 22.8 Å². The van der Waals surface area contributed by atoms with Gasteiger partial charge in [-0.05, 0) is 74.3 Å². The number of rotatable bonds is 8. The first kappa shape index (κ1) is 26.9. The molecule has 0 radical (unpaired) electrons. The molecule has 4 atom stereocenters. The largest absolute Gasteiger partial charge is 0.493 e. The Morgan fingerprint density at radius 3 is 2.75 bits per heavy atom. The van der Waals surface area contributed by atoms with Gasteiger partial charge in [0.1, 0.15) is 21.9 Å². The molecular weight excluding hydrogens is 552 g/mol. The molecule has 9 nitrogen and oxygen atoms in total. The van der Waals surface area contributed by atoms with Crippen LogP contribution in [0.15, 0.2) is 39.7 Å². The fourth-order valence-corrected chi connectivity index (χ4v) is 7.85. The van der Waals surface area contributed by atoms with Crippen molar-refractivity contribution in [1.29, 1.82) is 0 Å². The summed E-state index contributed by atoms with van der Waals surface area (Å²) in [6.45, 7) is 0.0868. The lowest BCUT2D eigenvalue weighted by molar-refractivity contribution is -0.149. The van der Waals surface area contributed by atoms with Gasteiger partial charge in [-0.1, -0.05) is 30.4 Å². The van der Waals surface area contributed by atoms with Gasteiger partial charge in [0.05, 0.1) is 12.0 Å². The van der Waals surface area contributed by atoms with Gasteiger partial charge in [-0.2, -0.15) is 0 Å². The molecule has 2 bridgehead atoms. The highest BCUT2D eigenvalue weighted by Crippen LogP contribution is 2.49. The number of ether oxygens (including phenoxy) is 2. The predicted octanol–water partition coefficient (Wildman–Crippen LogP) is 4.80. The van der Waals surface area contributed by atoms with Gasteiger partial charge in [0.2, 0.25) is 0 Å². The fourth-order valence-electron chi connectivity index (χ4n) is 6.49. The van der Waals surface area contributed by atoms with Crippen molar-refractivity contribution < 1.29 is 33.4 Å². The molecule has 2 aliphatic carbocycles. The lowest BCUT2D eigenvalue weighted by Gasteiger charge is -2.30. The Morgan fingerprint density at radius 2 is 2.02 bits per heavy atom. The minimum absolute atomic E-state index is 0.0431. The molecule has 2 saturated carbocycles. The highest BCUT2D eigenvalue weighted by molar-refractivity contribution is 8.26. The number of carboxylic acids is 1. The molecule has 1 N–H and O–H groups in total. The van der Waals surface area contributed by atoms with E-state index in [9.17, 15) is 19.5 Å². The van der Waals surface area contributed by atoms with Crippen LogP contribution in [0.4, 0.5) is 0 Å². The molecular formula is C29H30N2O7S2. The van der Waals surface area contributed by atoms with E-state index in [0.29, 0.717) is 63.1 Å². The quantitative estimate of drug-likeness (QED) is 0.347. The van der Waals surface area contributed by atoms with E-state index in [1.165, 1.54) is 43.0 Å². The van der Waals surface area contributed by atoms with Gasteiger partial charge in [-0.25, -0.2) is 4.79 Å². The topological polar surface area (TPSA) is 110 Å². The van der Waals surface area contributed by atoms with E-state index in [1.807, 2.05) is 11.0 Å². The number of hydrogen-bond acceptors (Lipinski definition) is 8. The molecule has 2 amide bonds. The second-order valence-corrected chi connectivity index (χ2v) is 12.4. The number of aliphatic carboxylic acids is 1. The lowest BCUT2D eigenvalue weighted by atomic mass is 9.94. The number of carbonyl (C=O) groups excluding carboxylic acids is 2. The van der Waals surface area contributed by atoms with Crippen molar-refractivity contribution in [3.05, 3.63) is 41.0 Å². The number of carboxylic acid groups (broad SMARTS) is 1. The molecule has 3 unspecified atom stereocenters. The van der Waals surface area contributed by atoms with Crippen LogP contribution in [0.2, 0.25) is 0 Å². The van der Waals surface area contributed by atoms with Gasteiger partial charge in [0.25, 0.3) is 11.8 Å². The summed E-state index contributed by atoms with van der Waals surface area (Å²) in [6, 6.07) is 8.24. The molecule has 210 valence electrons. The van der Waals surface area contributed by atoms with Crippen molar-refractivity contribution >= 4 is 52.2 Å². The van der Waals surface area contributed by atoms with Crippen LogP contribution < -0.4 is 9.47 Å². The van der Waals surface area contributed by atoms with Crippen LogP contribution in [0.1, 0.15) is 44.3 Å². The molecule has 1 aromatic carbocycles. The van der Waals surface area contributed by atoms with Gasteiger partial charge < -0.3 is 23.9 Å². The van der Waals surface area contributed by atoms with E-state index >= 15 is 0 Å². The number of furan rings is 1. The third-order valence-corrected chi connectivity index (χ3v) is 9.74. The van der Waals surface area contributed by atoms with Crippen LogP contribution in [-0.4, -0.2) is 69.4 Å². The van der Waals surface area contributed by atoms with Crippen LogP contribution in [0, 0.1) is 11.8 Å². The second kappa shape index (κ2) is 10.9. The second-order valence-electron chi connectivity index (χ2n) is 10.7. The molecule has 2 aliphatic heterocycles. The third kappa shape index (κ3) is 5.01. The van der Waals surface area contributed by atoms with E-state index in [1.54, 1.807) is 30.3 Å². The Morgan fingerprint density at radius 1 is 1.18 bits per heavy atom. The Hall–Kier alpha value is -3.31. The number of nitrogens with zero attached hydrogens (tertiary/aromatic N) is 2. The van der Waals surface area contributed by atoms with E-state index < -0.39 is 12.0 Å². The molecule has 6 rings (SSSR count). The number of likely N-dealkylation sites (tertiary alicyclic amines) is 1. The van der Waals surface area contributed by atoms with Crippen LogP contribution >= 0.6 is 24.0 Å². The first-order valence-electron chi connectivity index (χ1n) is 13.5. The maximum absolute atomic E-state index is 13.3. The molecule has 4 fully saturated rings. The maximum atomic E-state index is 13.3. The minimum atomic E-state index is -1.01. The first-order valence-corrected chi connectivity index (χ1v) is 14.7. The molecule has 2 saturated heterocycles. The summed E-state index contributed by atoms with van der Waals surface area (Å²) in [6.07, 6.45) is 7.51. The zero-order valence-corrected chi connectivity index (χ0v) is 23.7. The van der Waals surface area contributed by atoms with Crippen LogP contribution in [0.3, 0.4) is 0 Å². The number of hydrogen-bond donors (Lipinski definition) is 1. The molecule has 40 heavy (non-hydrogen) atoms. The molecule has 2 aromatic rings. The van der Waals surface area contributed by atoms with E-state index in [4.69, 9.17) is 26.1 Å². The molecule has 1 aromatic heterocycles. The third-order valence-electron chi connectivity index (χ3n) is 8.41. The Labute approximate surface area is 241 Å². The van der Waals surface area contributed by atoms with Crippen molar-refractivity contribution in [2.45, 2.75) is 50.6 Å². The van der Waals surface area contributed by atoms with Crippen molar-refractivity contribution in [2.75, 3.05) is 20.3 Å². The monoisotopic (exact) mass is 582 g/mol. The van der Waals surface area contributed by atoms with Gasteiger partial charge >= 0.3 is 5.97 Å². The molecule has 4 aliphatic rings. The predicted molar refractivity (Wildman–Crippen MR) is 153 cm³/mol. The van der Waals surface area contributed by atoms with Crippen molar-refractivity contribution in [2.24, 2.45) is 11.8 Å². The molecule has 0 spiro atoms. The normalized spacial score (nSPS) is 26.8. The summed E-state index contributed by atoms with van der Waals surface area (Å²) < 4.78 is 17.9. The van der Waals surface area contributed by atoms with E-state index in [2.05, 4.69) is 0 Å². The lowest BCUT2D eigenvalue weighted by Crippen LogP contribution is -2.42. The Balaban J connectivity index is 1.15.